The summed E-state index contributed by atoms with van der Waals surface area (Å²) >= 11 is 0. The average Bonchev–Trinajstić information content (AvgIpc) is 1.99. The highest BCUT2D eigenvalue weighted by Crippen LogP contribution is 2.39. The Hall–Kier alpha value is -0.843. The molecule has 0 saturated heterocycles. The van der Waals surface area contributed by atoms with Crippen LogP contribution in [-0.2, 0) is 9.59 Å². The van der Waals surface area contributed by atoms with E-state index in [1.54, 1.807) is 0 Å². The summed E-state index contributed by atoms with van der Waals surface area (Å²) in [5.74, 6) is -1.74. The maximum absolute atomic E-state index is 10.8. The lowest BCUT2D eigenvalue weighted by atomic mass is 10.5. The highest BCUT2D eigenvalue weighted by atomic mass is 28.3. The molecule has 15 heavy (non-hydrogen) atoms. The molecule has 88 valence electrons. The predicted octanol–water partition coefficient (Wildman–Crippen LogP) is 2.42. The minimum atomic E-state index is -2.28. The van der Waals surface area contributed by atoms with Crippen molar-refractivity contribution < 1.29 is 19.8 Å². The molecule has 2 N–H and O–H groups in total. The third kappa shape index (κ3) is 3.66. The van der Waals surface area contributed by atoms with E-state index in [9.17, 15) is 9.59 Å². The zero-order valence-electron chi connectivity index (χ0n) is 9.78. The Bertz CT molecular complexity index is 222. The van der Waals surface area contributed by atoms with Crippen LogP contribution in [0, 0.1) is 0 Å². The number of carboxylic acids is 2. The average molecular weight is 232 g/mol. The highest BCUT2D eigenvalue weighted by Gasteiger charge is 2.43. The molecule has 5 heteroatoms. The first-order chi connectivity index (χ1) is 6.72. The van der Waals surface area contributed by atoms with E-state index in [2.05, 4.69) is 0 Å². The number of carboxylic acid groups (broad SMARTS) is 2. The molecule has 0 aliphatic rings. The number of carbonyl (C=O) groups is 2. The van der Waals surface area contributed by atoms with Crippen LogP contribution in [0.25, 0.3) is 0 Å². The van der Waals surface area contributed by atoms with E-state index in [0.29, 0.717) is 0 Å². The summed E-state index contributed by atoms with van der Waals surface area (Å²) in [6.45, 7) is 7.77. The molecule has 0 heterocycles. The second-order valence-corrected chi connectivity index (χ2v) is 10.2. The van der Waals surface area contributed by atoms with Gasteiger partial charge in [0, 0.05) is 12.1 Å². The smallest absolute Gasteiger partial charge is 0.300 e. The fourth-order valence-corrected chi connectivity index (χ4v) is 6.33. The van der Waals surface area contributed by atoms with Crippen molar-refractivity contribution in [3.8, 4) is 0 Å². The third-order valence-electron chi connectivity index (χ3n) is 3.26. The van der Waals surface area contributed by atoms with Gasteiger partial charge < -0.3 is 10.2 Å². The Balaban J connectivity index is 5.07. The minimum absolute atomic E-state index is 0.0502. The second kappa shape index (κ2) is 5.30. The molecule has 0 amide bonds. The van der Waals surface area contributed by atoms with Crippen molar-refractivity contribution in [2.24, 2.45) is 0 Å². The van der Waals surface area contributed by atoms with Gasteiger partial charge in [0.05, 0.1) is 8.07 Å². The van der Waals surface area contributed by atoms with Crippen LogP contribution in [0.2, 0.25) is 23.2 Å². The van der Waals surface area contributed by atoms with Gasteiger partial charge in [0.15, 0.2) is 0 Å². The maximum atomic E-state index is 10.8. The first-order valence-corrected chi connectivity index (χ1v) is 7.73. The van der Waals surface area contributed by atoms with E-state index in [1.165, 1.54) is 0 Å². The van der Waals surface area contributed by atoms with Crippen LogP contribution in [0.4, 0.5) is 0 Å². The molecule has 0 bridgehead atoms. The number of aliphatic carboxylic acids is 2. The monoisotopic (exact) mass is 232 g/mol. The van der Waals surface area contributed by atoms with Crippen molar-refractivity contribution in [1.29, 1.82) is 0 Å². The Kier molecular flexibility index (Phi) is 5.00. The van der Waals surface area contributed by atoms with E-state index >= 15 is 0 Å². The van der Waals surface area contributed by atoms with E-state index in [1.807, 2.05) is 27.7 Å². The van der Waals surface area contributed by atoms with E-state index in [4.69, 9.17) is 10.2 Å². The summed E-state index contributed by atoms with van der Waals surface area (Å²) in [5.41, 5.74) is 0.342. The van der Waals surface area contributed by atoms with E-state index in [0.717, 1.165) is 0 Å². The van der Waals surface area contributed by atoms with Gasteiger partial charge in [-0.05, 0) is 11.1 Å². The van der Waals surface area contributed by atoms with Gasteiger partial charge in [0.1, 0.15) is 0 Å². The zero-order valence-corrected chi connectivity index (χ0v) is 10.8. The molecule has 0 radical (unpaired) electrons. The van der Waals surface area contributed by atoms with Crippen LogP contribution in [-0.4, -0.2) is 30.2 Å². The minimum Gasteiger partial charge on any atom is -0.481 e. The summed E-state index contributed by atoms with van der Waals surface area (Å²) in [7, 11) is -2.28. The summed E-state index contributed by atoms with van der Waals surface area (Å²) in [6, 6.07) is 0.100. The molecule has 0 aliphatic heterocycles. The molecular weight excluding hydrogens is 212 g/mol. The molecule has 0 rings (SSSR count). The zero-order chi connectivity index (χ0) is 12.2. The van der Waals surface area contributed by atoms with Crippen molar-refractivity contribution in [3.63, 3.8) is 0 Å². The van der Waals surface area contributed by atoms with Gasteiger partial charge in [0.25, 0.3) is 0 Å². The van der Waals surface area contributed by atoms with Crippen molar-refractivity contribution in [2.75, 3.05) is 0 Å². The molecule has 0 fully saturated rings. The largest absolute Gasteiger partial charge is 0.481 e. The number of hydrogen-bond donors (Lipinski definition) is 2. The highest BCUT2D eigenvalue weighted by molar-refractivity contribution is 6.86. The fourth-order valence-electron chi connectivity index (χ4n) is 2.11. The van der Waals surface area contributed by atoms with Crippen molar-refractivity contribution >= 4 is 20.0 Å². The van der Waals surface area contributed by atoms with Gasteiger partial charge >= 0.3 is 11.9 Å². The Labute approximate surface area is 91.3 Å². The van der Waals surface area contributed by atoms with E-state index in [-0.39, 0.29) is 23.2 Å². The fraction of sp³-hybridized carbons (Fsp3) is 0.800. The summed E-state index contributed by atoms with van der Waals surface area (Å²) in [5, 5.41) is 17.8. The molecule has 0 saturated carbocycles. The quantitative estimate of drug-likeness (QED) is 0.690. The summed E-state index contributed by atoms with van der Waals surface area (Å²) < 4.78 is 0. The van der Waals surface area contributed by atoms with Crippen LogP contribution >= 0.6 is 0 Å². The lowest BCUT2D eigenvalue weighted by Gasteiger charge is -2.36. The van der Waals surface area contributed by atoms with Crippen molar-refractivity contribution in [2.45, 2.75) is 50.9 Å². The second-order valence-electron chi connectivity index (χ2n) is 4.68. The first-order valence-electron chi connectivity index (χ1n) is 5.16. The molecule has 0 aromatic heterocycles. The van der Waals surface area contributed by atoms with Gasteiger partial charge in [0.2, 0.25) is 0 Å². The van der Waals surface area contributed by atoms with Crippen molar-refractivity contribution in [3.05, 3.63) is 0 Å². The lowest BCUT2D eigenvalue weighted by Crippen LogP contribution is -2.44. The lowest BCUT2D eigenvalue weighted by molar-refractivity contribution is -0.134. The van der Waals surface area contributed by atoms with Crippen LogP contribution < -0.4 is 0 Å². The van der Waals surface area contributed by atoms with Crippen molar-refractivity contribution in [1.82, 2.24) is 0 Å². The molecule has 0 atom stereocenters. The predicted molar refractivity (Wildman–Crippen MR) is 60.8 cm³/mol. The number of hydrogen-bond acceptors (Lipinski definition) is 2. The van der Waals surface area contributed by atoms with Gasteiger partial charge in [-0.3, -0.25) is 9.59 Å². The molecule has 0 unspecified atom stereocenters. The van der Waals surface area contributed by atoms with Gasteiger partial charge in [-0.1, -0.05) is 27.7 Å². The van der Waals surface area contributed by atoms with Gasteiger partial charge in [-0.15, -0.1) is 0 Å². The molecule has 0 spiro atoms. The van der Waals surface area contributed by atoms with Crippen LogP contribution in [0.15, 0.2) is 0 Å². The Morgan fingerprint density at radius 3 is 1.33 bits per heavy atom. The van der Waals surface area contributed by atoms with Gasteiger partial charge in [-0.25, -0.2) is 0 Å². The number of rotatable bonds is 6. The topological polar surface area (TPSA) is 74.6 Å². The normalized spacial score (nSPS) is 12.1. The standard InChI is InChI=1S/C10H20O4Si/c1-7(2)15(8(3)4,5-9(11)12)6-10(13)14/h7-8H,5-6H2,1-4H3,(H,11,12)(H,13,14). The molecule has 4 nitrogen and oxygen atoms in total. The Morgan fingerprint density at radius 2 is 1.20 bits per heavy atom. The molecular formula is C10H20O4Si. The molecule has 0 aromatic rings. The third-order valence-corrected chi connectivity index (χ3v) is 9.78. The first kappa shape index (κ1) is 14.2. The van der Waals surface area contributed by atoms with Gasteiger partial charge in [-0.2, -0.15) is 0 Å². The van der Waals surface area contributed by atoms with Crippen LogP contribution in [0.3, 0.4) is 0 Å². The van der Waals surface area contributed by atoms with Crippen LogP contribution in [0.5, 0.6) is 0 Å². The SMILES string of the molecule is CC(C)[Si](CC(=O)O)(CC(=O)O)C(C)C. The summed E-state index contributed by atoms with van der Waals surface area (Å²) in [6.07, 6.45) is 0. The molecule has 0 aromatic carbocycles. The Morgan fingerprint density at radius 1 is 0.933 bits per heavy atom. The maximum Gasteiger partial charge on any atom is 0.300 e. The molecule has 0 aliphatic carbocycles. The van der Waals surface area contributed by atoms with Crippen LogP contribution in [0.1, 0.15) is 27.7 Å². The van der Waals surface area contributed by atoms with E-state index < -0.39 is 20.0 Å². The summed E-state index contributed by atoms with van der Waals surface area (Å²) in [4.78, 5) is 21.7.